The van der Waals surface area contributed by atoms with Crippen molar-refractivity contribution >= 4 is 22.0 Å². The molecule has 0 atom stereocenters. The number of fused-ring (bicyclic) bond motifs is 1. The molecule has 0 fully saturated rings. The maximum atomic E-state index is 12.8. The molecular formula is C14H14FN3S. The zero-order valence-corrected chi connectivity index (χ0v) is 11.6. The average Bonchev–Trinajstić information content (AvgIpc) is 2.85. The molecule has 0 saturated carbocycles. The maximum Gasteiger partial charge on any atom is 0.194 e. The number of nitrogens with one attached hydrogen (secondary N) is 1. The largest absolute Gasteiger partial charge is 0.379 e. The van der Waals surface area contributed by atoms with Crippen LogP contribution in [0.1, 0.15) is 16.3 Å². The number of aryl methyl sites for hydroxylation is 2. The molecule has 1 N–H and O–H groups in total. The molecule has 19 heavy (non-hydrogen) atoms. The number of benzene rings is 1. The molecule has 0 aliphatic heterocycles. The molecule has 2 heterocycles. The van der Waals surface area contributed by atoms with Gasteiger partial charge in [-0.15, -0.1) is 11.3 Å². The highest BCUT2D eigenvalue weighted by Gasteiger charge is 2.10. The Kier molecular flexibility index (Phi) is 2.98. The lowest BCUT2D eigenvalue weighted by atomic mass is 10.3. The van der Waals surface area contributed by atoms with E-state index < -0.39 is 0 Å². The Morgan fingerprint density at radius 1 is 1.26 bits per heavy atom. The molecule has 0 aliphatic rings. The van der Waals surface area contributed by atoms with Gasteiger partial charge in [-0.3, -0.25) is 4.40 Å². The third kappa shape index (κ3) is 2.33. The van der Waals surface area contributed by atoms with Gasteiger partial charge in [-0.1, -0.05) is 0 Å². The molecule has 0 radical (unpaired) electrons. The van der Waals surface area contributed by atoms with Gasteiger partial charge in [0.05, 0.1) is 17.9 Å². The Bertz CT molecular complexity index is 712. The molecule has 0 amide bonds. The van der Waals surface area contributed by atoms with Crippen molar-refractivity contribution in [2.24, 2.45) is 0 Å². The Hall–Kier alpha value is -1.88. The second kappa shape index (κ2) is 4.66. The van der Waals surface area contributed by atoms with Crippen LogP contribution >= 0.6 is 11.3 Å². The van der Waals surface area contributed by atoms with Gasteiger partial charge in [0.1, 0.15) is 5.82 Å². The number of nitrogens with zero attached hydrogens (tertiary/aromatic N) is 2. The number of anilines is 1. The fourth-order valence-electron chi connectivity index (χ4n) is 2.08. The number of aromatic nitrogens is 2. The zero-order valence-electron chi connectivity index (χ0n) is 10.8. The van der Waals surface area contributed by atoms with Crippen molar-refractivity contribution in [2.45, 2.75) is 20.4 Å². The Labute approximate surface area is 114 Å². The highest BCUT2D eigenvalue weighted by atomic mass is 32.1. The summed E-state index contributed by atoms with van der Waals surface area (Å²) in [4.78, 5) is 6.80. The summed E-state index contributed by atoms with van der Waals surface area (Å²) in [6.07, 6.45) is 2.10. The molecule has 0 spiro atoms. The van der Waals surface area contributed by atoms with Crippen molar-refractivity contribution in [3.05, 3.63) is 52.5 Å². The standard InChI is InChI=1S/C14H14FN3S/c1-9-8-18-13(10(2)17-14(18)19-9)7-16-12-5-3-11(15)4-6-12/h3-6,8,16H,7H2,1-2H3. The predicted molar refractivity (Wildman–Crippen MR) is 76.3 cm³/mol. The number of imidazole rings is 1. The summed E-state index contributed by atoms with van der Waals surface area (Å²) in [6.45, 7) is 4.76. The first-order valence-corrected chi connectivity index (χ1v) is 6.88. The summed E-state index contributed by atoms with van der Waals surface area (Å²) in [6, 6.07) is 6.38. The lowest BCUT2D eigenvalue weighted by Gasteiger charge is -2.06. The first kappa shape index (κ1) is 12.2. The molecule has 0 saturated heterocycles. The number of hydrogen-bond donors (Lipinski definition) is 1. The van der Waals surface area contributed by atoms with Gasteiger partial charge in [0.15, 0.2) is 4.96 Å². The quantitative estimate of drug-likeness (QED) is 0.788. The highest BCUT2D eigenvalue weighted by Crippen LogP contribution is 2.21. The van der Waals surface area contributed by atoms with Crippen LogP contribution in [0.5, 0.6) is 0 Å². The van der Waals surface area contributed by atoms with Crippen LogP contribution in [-0.4, -0.2) is 9.38 Å². The summed E-state index contributed by atoms with van der Waals surface area (Å²) in [5.74, 6) is -0.220. The van der Waals surface area contributed by atoms with E-state index in [2.05, 4.69) is 27.8 Å². The average molecular weight is 275 g/mol. The van der Waals surface area contributed by atoms with E-state index in [9.17, 15) is 4.39 Å². The van der Waals surface area contributed by atoms with Crippen molar-refractivity contribution in [1.29, 1.82) is 0 Å². The molecule has 98 valence electrons. The normalized spacial score (nSPS) is 11.1. The van der Waals surface area contributed by atoms with Crippen LogP contribution < -0.4 is 5.32 Å². The zero-order chi connectivity index (χ0) is 13.4. The minimum Gasteiger partial charge on any atom is -0.379 e. The fraction of sp³-hybridized carbons (Fsp3) is 0.214. The van der Waals surface area contributed by atoms with E-state index >= 15 is 0 Å². The van der Waals surface area contributed by atoms with Crippen molar-refractivity contribution < 1.29 is 4.39 Å². The van der Waals surface area contributed by atoms with E-state index in [-0.39, 0.29) is 5.82 Å². The second-order valence-electron chi connectivity index (χ2n) is 4.50. The topological polar surface area (TPSA) is 29.3 Å². The van der Waals surface area contributed by atoms with Gasteiger partial charge < -0.3 is 5.32 Å². The molecule has 0 aliphatic carbocycles. The van der Waals surface area contributed by atoms with Crippen LogP contribution in [0.3, 0.4) is 0 Å². The first-order valence-electron chi connectivity index (χ1n) is 6.07. The summed E-state index contributed by atoms with van der Waals surface area (Å²) >= 11 is 1.69. The third-order valence-electron chi connectivity index (χ3n) is 3.05. The Balaban J connectivity index is 1.84. The van der Waals surface area contributed by atoms with E-state index in [0.717, 1.165) is 22.0 Å². The molecule has 0 bridgehead atoms. The van der Waals surface area contributed by atoms with Crippen LogP contribution in [0.2, 0.25) is 0 Å². The van der Waals surface area contributed by atoms with Gasteiger partial charge in [0, 0.05) is 16.8 Å². The number of hydrogen-bond acceptors (Lipinski definition) is 3. The van der Waals surface area contributed by atoms with Crippen molar-refractivity contribution in [2.75, 3.05) is 5.32 Å². The first-order chi connectivity index (χ1) is 9.13. The molecule has 0 unspecified atom stereocenters. The van der Waals surface area contributed by atoms with Crippen LogP contribution in [0.25, 0.3) is 4.96 Å². The Morgan fingerprint density at radius 2 is 2.00 bits per heavy atom. The summed E-state index contributed by atoms with van der Waals surface area (Å²) in [5.41, 5.74) is 3.08. The molecule has 3 nitrogen and oxygen atoms in total. The van der Waals surface area contributed by atoms with Crippen LogP contribution in [0, 0.1) is 19.7 Å². The van der Waals surface area contributed by atoms with Crippen molar-refractivity contribution in [1.82, 2.24) is 9.38 Å². The summed E-state index contributed by atoms with van der Waals surface area (Å²) in [5, 5.41) is 3.29. The van der Waals surface area contributed by atoms with Gasteiger partial charge in [0.2, 0.25) is 0 Å². The van der Waals surface area contributed by atoms with Crippen molar-refractivity contribution in [3.8, 4) is 0 Å². The maximum absolute atomic E-state index is 12.8. The third-order valence-corrected chi connectivity index (χ3v) is 3.94. The number of thiazole rings is 1. The molecule has 3 rings (SSSR count). The van der Waals surface area contributed by atoms with Gasteiger partial charge >= 0.3 is 0 Å². The summed E-state index contributed by atoms with van der Waals surface area (Å²) < 4.78 is 15.0. The van der Waals surface area contributed by atoms with Crippen LogP contribution in [0.4, 0.5) is 10.1 Å². The smallest absolute Gasteiger partial charge is 0.194 e. The molecule has 3 aromatic rings. The molecule has 5 heteroatoms. The van der Waals surface area contributed by atoms with Gasteiger partial charge in [-0.05, 0) is 38.1 Å². The number of rotatable bonds is 3. The van der Waals surface area contributed by atoms with E-state index in [1.807, 2.05) is 6.92 Å². The molecular weight excluding hydrogens is 261 g/mol. The van der Waals surface area contributed by atoms with E-state index in [4.69, 9.17) is 0 Å². The fourth-order valence-corrected chi connectivity index (χ4v) is 2.97. The number of halogens is 1. The van der Waals surface area contributed by atoms with Crippen LogP contribution in [0.15, 0.2) is 30.5 Å². The Morgan fingerprint density at radius 3 is 2.74 bits per heavy atom. The lowest BCUT2D eigenvalue weighted by molar-refractivity contribution is 0.628. The van der Waals surface area contributed by atoms with E-state index in [0.29, 0.717) is 6.54 Å². The predicted octanol–water partition coefficient (Wildman–Crippen LogP) is 3.76. The SMILES string of the molecule is Cc1cn2c(CNc3ccc(F)cc3)c(C)nc2s1. The van der Waals surface area contributed by atoms with Crippen LogP contribution in [-0.2, 0) is 6.54 Å². The van der Waals surface area contributed by atoms with Crippen molar-refractivity contribution in [3.63, 3.8) is 0 Å². The minimum absolute atomic E-state index is 0.220. The summed E-state index contributed by atoms with van der Waals surface area (Å²) in [7, 11) is 0. The van der Waals surface area contributed by atoms with Gasteiger partial charge in [0.25, 0.3) is 0 Å². The van der Waals surface area contributed by atoms with Gasteiger partial charge in [-0.25, -0.2) is 9.37 Å². The molecule has 2 aromatic heterocycles. The molecule has 1 aromatic carbocycles. The highest BCUT2D eigenvalue weighted by molar-refractivity contribution is 7.17. The lowest BCUT2D eigenvalue weighted by Crippen LogP contribution is -2.03. The second-order valence-corrected chi connectivity index (χ2v) is 5.71. The monoisotopic (exact) mass is 275 g/mol. The van der Waals surface area contributed by atoms with E-state index in [1.54, 1.807) is 23.5 Å². The minimum atomic E-state index is -0.220. The van der Waals surface area contributed by atoms with E-state index in [1.165, 1.54) is 17.0 Å². The van der Waals surface area contributed by atoms with Gasteiger partial charge in [-0.2, -0.15) is 0 Å².